The molecule has 4 rings (SSSR count). The van der Waals surface area contributed by atoms with Gasteiger partial charge in [0.15, 0.2) is 0 Å². The highest BCUT2D eigenvalue weighted by atomic mass is 19.3. The van der Waals surface area contributed by atoms with Crippen molar-refractivity contribution < 1.29 is 18.3 Å². The normalized spacial score (nSPS) is 22.2. The Kier molecular flexibility index (Phi) is 5.99. The fourth-order valence-corrected chi connectivity index (χ4v) is 4.19. The highest BCUT2D eigenvalue weighted by Gasteiger charge is 2.32. The molecule has 0 N–H and O–H groups in total. The Hall–Kier alpha value is -1.90. The maximum Gasteiger partial charge on any atom is 0.261 e. The van der Waals surface area contributed by atoms with Crippen LogP contribution >= 0.6 is 0 Å². The van der Waals surface area contributed by atoms with Gasteiger partial charge in [0.05, 0.1) is 49.9 Å². The van der Waals surface area contributed by atoms with E-state index in [-0.39, 0.29) is 12.0 Å². The standard InChI is InChI=1S/C20H25F2N3O3/c21-18(22)11-25-19(23-16-5-2-1-4-15(16)20(25)26)17-6-3-7-24(17)10-14-12-27-8-9-28-13-14/h1-2,4-5,14,17-18H,3,6-13H2. The van der Waals surface area contributed by atoms with Crippen molar-refractivity contribution in [1.29, 1.82) is 0 Å². The largest absolute Gasteiger partial charge is 0.379 e. The van der Waals surface area contributed by atoms with E-state index in [2.05, 4.69) is 9.88 Å². The summed E-state index contributed by atoms with van der Waals surface area (Å²) in [5, 5.41) is 0.377. The molecule has 152 valence electrons. The fraction of sp³-hybridized carbons (Fsp3) is 0.600. The second-order valence-corrected chi connectivity index (χ2v) is 7.46. The topological polar surface area (TPSA) is 56.6 Å². The van der Waals surface area contributed by atoms with Crippen LogP contribution in [0.1, 0.15) is 24.7 Å². The van der Waals surface area contributed by atoms with Crippen LogP contribution in [0.5, 0.6) is 0 Å². The van der Waals surface area contributed by atoms with Crippen LogP contribution in [-0.2, 0) is 16.0 Å². The number of alkyl halides is 2. The third-order valence-electron chi connectivity index (χ3n) is 5.45. The van der Waals surface area contributed by atoms with Crippen molar-refractivity contribution >= 4 is 10.9 Å². The molecular weight excluding hydrogens is 368 g/mol. The first kappa shape index (κ1) is 19.4. The number of likely N-dealkylation sites (tertiary alicyclic amines) is 1. The maximum absolute atomic E-state index is 13.2. The number of aromatic nitrogens is 2. The van der Waals surface area contributed by atoms with Crippen LogP contribution in [0.3, 0.4) is 0 Å². The van der Waals surface area contributed by atoms with Gasteiger partial charge in [-0.2, -0.15) is 0 Å². The second kappa shape index (κ2) is 8.63. The highest BCUT2D eigenvalue weighted by Crippen LogP contribution is 2.32. The molecule has 0 saturated carbocycles. The number of nitrogens with zero attached hydrogens (tertiary/aromatic N) is 3. The summed E-state index contributed by atoms with van der Waals surface area (Å²) in [5.74, 6) is 0.663. The lowest BCUT2D eigenvalue weighted by atomic mass is 10.1. The molecule has 0 radical (unpaired) electrons. The summed E-state index contributed by atoms with van der Waals surface area (Å²) < 4.78 is 38.9. The Morgan fingerprint density at radius 2 is 1.93 bits per heavy atom. The molecule has 6 nitrogen and oxygen atoms in total. The number of benzene rings is 1. The molecule has 3 heterocycles. The average Bonchev–Trinajstić information content (AvgIpc) is 2.98. The van der Waals surface area contributed by atoms with Gasteiger partial charge in [0, 0.05) is 12.5 Å². The summed E-state index contributed by atoms with van der Waals surface area (Å²) in [6.07, 6.45) is -0.878. The monoisotopic (exact) mass is 393 g/mol. The van der Waals surface area contributed by atoms with Gasteiger partial charge in [-0.05, 0) is 31.5 Å². The zero-order chi connectivity index (χ0) is 19.5. The fourth-order valence-electron chi connectivity index (χ4n) is 4.19. The van der Waals surface area contributed by atoms with Crippen molar-refractivity contribution in [1.82, 2.24) is 14.5 Å². The molecule has 2 aliphatic rings. The maximum atomic E-state index is 13.2. The van der Waals surface area contributed by atoms with Gasteiger partial charge in [-0.15, -0.1) is 0 Å². The highest BCUT2D eigenvalue weighted by molar-refractivity contribution is 5.77. The summed E-state index contributed by atoms with van der Waals surface area (Å²) >= 11 is 0. The van der Waals surface area contributed by atoms with Gasteiger partial charge in [-0.25, -0.2) is 13.8 Å². The van der Waals surface area contributed by atoms with Gasteiger partial charge in [0.1, 0.15) is 5.82 Å². The molecule has 28 heavy (non-hydrogen) atoms. The van der Waals surface area contributed by atoms with Crippen LogP contribution in [0.15, 0.2) is 29.1 Å². The second-order valence-electron chi connectivity index (χ2n) is 7.46. The van der Waals surface area contributed by atoms with Crippen LogP contribution in [-0.4, -0.2) is 60.4 Å². The van der Waals surface area contributed by atoms with Gasteiger partial charge in [0.2, 0.25) is 0 Å². The number of ether oxygens (including phenoxy) is 2. The molecule has 2 fully saturated rings. The third kappa shape index (κ3) is 4.09. The van der Waals surface area contributed by atoms with Crippen molar-refractivity contribution in [3.05, 3.63) is 40.4 Å². The van der Waals surface area contributed by atoms with E-state index in [4.69, 9.17) is 9.47 Å². The molecule has 2 saturated heterocycles. The van der Waals surface area contributed by atoms with Crippen LogP contribution in [0.2, 0.25) is 0 Å². The van der Waals surface area contributed by atoms with Gasteiger partial charge >= 0.3 is 0 Å². The smallest absolute Gasteiger partial charge is 0.261 e. The molecule has 8 heteroatoms. The predicted octanol–water partition coefficient (Wildman–Crippen LogP) is 2.46. The van der Waals surface area contributed by atoms with E-state index >= 15 is 0 Å². The summed E-state index contributed by atoms with van der Waals surface area (Å²) in [6, 6.07) is 6.79. The number of halogens is 2. The van der Waals surface area contributed by atoms with E-state index in [9.17, 15) is 13.6 Å². The molecule has 0 bridgehead atoms. The average molecular weight is 393 g/mol. The summed E-state index contributed by atoms with van der Waals surface area (Å²) in [5.41, 5.74) is 0.162. The molecular formula is C20H25F2N3O3. The lowest BCUT2D eigenvalue weighted by Gasteiger charge is -2.29. The summed E-state index contributed by atoms with van der Waals surface area (Å²) in [7, 11) is 0. The van der Waals surface area contributed by atoms with Crippen molar-refractivity contribution in [2.24, 2.45) is 5.92 Å². The number of fused-ring (bicyclic) bond motifs is 1. The molecule has 0 aliphatic carbocycles. The SMILES string of the molecule is O=c1c2ccccc2nc(C2CCCN2CC2COCCOC2)n1CC(F)F. The van der Waals surface area contributed by atoms with E-state index in [1.165, 1.54) is 4.57 Å². The Bertz CT molecular complexity index is 865. The van der Waals surface area contributed by atoms with Crippen LogP contribution < -0.4 is 5.56 Å². The van der Waals surface area contributed by atoms with Gasteiger partial charge in [-0.1, -0.05) is 12.1 Å². The van der Waals surface area contributed by atoms with E-state index in [1.54, 1.807) is 18.2 Å². The quantitative estimate of drug-likeness (QED) is 0.781. The minimum Gasteiger partial charge on any atom is -0.379 e. The molecule has 1 atom stereocenters. The van der Waals surface area contributed by atoms with Gasteiger partial charge < -0.3 is 9.47 Å². The zero-order valence-electron chi connectivity index (χ0n) is 15.7. The summed E-state index contributed by atoms with van der Waals surface area (Å²) in [6.45, 7) is 3.39. The Balaban J connectivity index is 1.68. The first-order valence-corrected chi connectivity index (χ1v) is 9.80. The van der Waals surface area contributed by atoms with E-state index in [1.807, 2.05) is 6.07 Å². The van der Waals surface area contributed by atoms with E-state index < -0.39 is 18.5 Å². The number of rotatable bonds is 5. The number of para-hydroxylation sites is 1. The van der Waals surface area contributed by atoms with Gasteiger partial charge in [-0.3, -0.25) is 14.3 Å². The minimum atomic E-state index is -2.61. The predicted molar refractivity (Wildman–Crippen MR) is 101 cm³/mol. The number of hydrogen-bond donors (Lipinski definition) is 0. The van der Waals surface area contributed by atoms with Crippen molar-refractivity contribution in [3.8, 4) is 0 Å². The van der Waals surface area contributed by atoms with E-state index in [0.717, 1.165) is 25.9 Å². The number of hydrogen-bond acceptors (Lipinski definition) is 5. The van der Waals surface area contributed by atoms with Crippen molar-refractivity contribution in [3.63, 3.8) is 0 Å². The molecule has 2 aliphatic heterocycles. The van der Waals surface area contributed by atoms with Crippen molar-refractivity contribution in [2.45, 2.75) is 31.9 Å². The summed E-state index contributed by atoms with van der Waals surface area (Å²) in [4.78, 5) is 19.8. The molecule has 1 aromatic carbocycles. The first-order valence-electron chi connectivity index (χ1n) is 9.80. The zero-order valence-corrected chi connectivity index (χ0v) is 15.7. The molecule has 1 aromatic heterocycles. The molecule has 0 spiro atoms. The third-order valence-corrected chi connectivity index (χ3v) is 5.45. The van der Waals surface area contributed by atoms with E-state index in [0.29, 0.717) is 43.2 Å². The van der Waals surface area contributed by atoms with Crippen molar-refractivity contribution in [2.75, 3.05) is 39.5 Å². The lowest BCUT2D eigenvalue weighted by molar-refractivity contribution is 0.0942. The Labute approximate surface area is 162 Å². The Morgan fingerprint density at radius 3 is 2.68 bits per heavy atom. The van der Waals surface area contributed by atoms with Crippen LogP contribution in [0.25, 0.3) is 10.9 Å². The molecule has 0 amide bonds. The molecule has 2 aromatic rings. The van der Waals surface area contributed by atoms with Gasteiger partial charge in [0.25, 0.3) is 12.0 Å². The lowest BCUT2D eigenvalue weighted by Crippen LogP contribution is -2.37. The Morgan fingerprint density at radius 1 is 1.18 bits per heavy atom. The first-order chi connectivity index (χ1) is 13.6. The van der Waals surface area contributed by atoms with Crippen LogP contribution in [0, 0.1) is 5.92 Å². The van der Waals surface area contributed by atoms with Crippen LogP contribution in [0.4, 0.5) is 8.78 Å². The minimum absolute atomic E-state index is 0.153. The molecule has 1 unspecified atom stereocenters.